The number of aryl methyl sites for hydroxylation is 1. The number of hydrogen-bond acceptors (Lipinski definition) is 3. The van der Waals surface area contributed by atoms with Crippen LogP contribution in [0.2, 0.25) is 0 Å². The Hall–Kier alpha value is -1.06. The zero-order chi connectivity index (χ0) is 13.7. The van der Waals surface area contributed by atoms with Gasteiger partial charge in [-0.2, -0.15) is 0 Å². The Morgan fingerprint density at radius 1 is 1.42 bits per heavy atom. The highest BCUT2D eigenvalue weighted by molar-refractivity contribution is 5.31. The van der Waals surface area contributed by atoms with Crippen LogP contribution in [0.5, 0.6) is 5.75 Å². The summed E-state index contributed by atoms with van der Waals surface area (Å²) >= 11 is 0. The van der Waals surface area contributed by atoms with E-state index in [0.29, 0.717) is 18.4 Å². The highest BCUT2D eigenvalue weighted by Gasteiger charge is 2.28. The van der Waals surface area contributed by atoms with E-state index in [-0.39, 0.29) is 0 Å². The van der Waals surface area contributed by atoms with Crippen LogP contribution in [-0.4, -0.2) is 37.7 Å². The lowest BCUT2D eigenvalue weighted by Crippen LogP contribution is -2.31. The van der Waals surface area contributed by atoms with Crippen molar-refractivity contribution in [3.8, 4) is 5.75 Å². The van der Waals surface area contributed by atoms with Crippen molar-refractivity contribution >= 4 is 0 Å². The summed E-state index contributed by atoms with van der Waals surface area (Å²) in [4.78, 5) is 2.50. The molecule has 0 bridgehead atoms. The standard InChI is InChI=1S/C16H26N2O/c1-3-18-9-8-14(11-18)15(10-17)12-19-16-7-5-4-6-13(16)2/h4-7,14-15H,3,8-12,17H2,1-2H3. The molecule has 1 saturated heterocycles. The van der Waals surface area contributed by atoms with Crippen LogP contribution in [0.15, 0.2) is 24.3 Å². The van der Waals surface area contributed by atoms with Gasteiger partial charge in [-0.15, -0.1) is 0 Å². The lowest BCUT2D eigenvalue weighted by Gasteiger charge is -2.23. The number of likely N-dealkylation sites (tertiary alicyclic amines) is 1. The van der Waals surface area contributed by atoms with Gasteiger partial charge in [-0.05, 0) is 50.5 Å². The van der Waals surface area contributed by atoms with Gasteiger partial charge < -0.3 is 15.4 Å². The van der Waals surface area contributed by atoms with Crippen LogP contribution < -0.4 is 10.5 Å². The number of ether oxygens (including phenoxy) is 1. The Morgan fingerprint density at radius 2 is 2.21 bits per heavy atom. The van der Waals surface area contributed by atoms with Gasteiger partial charge in [-0.1, -0.05) is 25.1 Å². The first kappa shape index (κ1) is 14.4. The summed E-state index contributed by atoms with van der Waals surface area (Å²) in [6.45, 7) is 9.30. The Labute approximate surface area is 116 Å². The van der Waals surface area contributed by atoms with Gasteiger partial charge in [0, 0.05) is 12.5 Å². The minimum absolute atomic E-state index is 0.469. The summed E-state index contributed by atoms with van der Waals surface area (Å²) in [6.07, 6.45) is 1.26. The molecule has 1 aliphatic rings. The van der Waals surface area contributed by atoms with Crippen LogP contribution >= 0.6 is 0 Å². The molecule has 0 aromatic heterocycles. The second-order valence-electron chi connectivity index (χ2n) is 5.51. The zero-order valence-corrected chi connectivity index (χ0v) is 12.1. The van der Waals surface area contributed by atoms with E-state index >= 15 is 0 Å². The molecular weight excluding hydrogens is 236 g/mol. The molecule has 1 aromatic carbocycles. The van der Waals surface area contributed by atoms with Gasteiger partial charge in [-0.25, -0.2) is 0 Å². The maximum atomic E-state index is 5.97. The fraction of sp³-hybridized carbons (Fsp3) is 0.625. The quantitative estimate of drug-likeness (QED) is 0.855. The minimum Gasteiger partial charge on any atom is -0.493 e. The average Bonchev–Trinajstić information content (AvgIpc) is 2.90. The summed E-state index contributed by atoms with van der Waals surface area (Å²) in [5.74, 6) is 2.15. The number of rotatable bonds is 6. The number of nitrogens with two attached hydrogens (primary N) is 1. The van der Waals surface area contributed by atoms with Crippen molar-refractivity contribution in [2.24, 2.45) is 17.6 Å². The third-order valence-corrected chi connectivity index (χ3v) is 4.27. The van der Waals surface area contributed by atoms with E-state index in [1.807, 2.05) is 18.2 Å². The van der Waals surface area contributed by atoms with E-state index in [1.165, 1.54) is 25.1 Å². The van der Waals surface area contributed by atoms with E-state index < -0.39 is 0 Å². The molecule has 2 atom stereocenters. The lowest BCUT2D eigenvalue weighted by atomic mass is 9.92. The monoisotopic (exact) mass is 262 g/mol. The van der Waals surface area contributed by atoms with Crippen LogP contribution in [0, 0.1) is 18.8 Å². The number of benzene rings is 1. The molecule has 0 aliphatic carbocycles. The van der Waals surface area contributed by atoms with E-state index in [4.69, 9.17) is 10.5 Å². The number of hydrogen-bond donors (Lipinski definition) is 1. The molecule has 3 nitrogen and oxygen atoms in total. The number of nitrogens with zero attached hydrogens (tertiary/aromatic N) is 1. The molecule has 2 N–H and O–H groups in total. The predicted molar refractivity (Wildman–Crippen MR) is 79.4 cm³/mol. The summed E-state index contributed by atoms with van der Waals surface area (Å²) in [5, 5.41) is 0. The van der Waals surface area contributed by atoms with Gasteiger partial charge in [-0.3, -0.25) is 0 Å². The first-order valence-corrected chi connectivity index (χ1v) is 7.35. The van der Waals surface area contributed by atoms with Crippen molar-refractivity contribution < 1.29 is 4.74 Å². The fourth-order valence-electron chi connectivity index (χ4n) is 2.85. The van der Waals surface area contributed by atoms with Crippen LogP contribution in [0.3, 0.4) is 0 Å². The first-order chi connectivity index (χ1) is 9.24. The molecule has 0 radical (unpaired) electrons. The highest BCUT2D eigenvalue weighted by atomic mass is 16.5. The molecule has 106 valence electrons. The molecule has 3 heteroatoms. The Morgan fingerprint density at radius 3 is 2.84 bits per heavy atom. The summed E-state index contributed by atoms with van der Waals surface area (Å²) < 4.78 is 5.97. The van der Waals surface area contributed by atoms with Crippen LogP contribution in [-0.2, 0) is 0 Å². The molecule has 2 rings (SSSR count). The van der Waals surface area contributed by atoms with Crippen molar-refractivity contribution in [1.29, 1.82) is 0 Å². The summed E-state index contributed by atoms with van der Waals surface area (Å²) in [5.41, 5.74) is 7.14. The van der Waals surface area contributed by atoms with Crippen molar-refractivity contribution in [2.45, 2.75) is 20.3 Å². The van der Waals surface area contributed by atoms with E-state index in [0.717, 1.165) is 18.9 Å². The molecule has 0 amide bonds. The Kier molecular flexibility index (Phi) is 5.23. The second kappa shape index (κ2) is 6.92. The fourth-order valence-corrected chi connectivity index (χ4v) is 2.85. The van der Waals surface area contributed by atoms with Crippen molar-refractivity contribution in [3.05, 3.63) is 29.8 Å². The largest absolute Gasteiger partial charge is 0.493 e. The first-order valence-electron chi connectivity index (χ1n) is 7.35. The third kappa shape index (κ3) is 3.71. The van der Waals surface area contributed by atoms with E-state index in [9.17, 15) is 0 Å². The summed E-state index contributed by atoms with van der Waals surface area (Å²) in [7, 11) is 0. The molecule has 0 spiro atoms. The molecule has 2 unspecified atom stereocenters. The molecule has 1 aliphatic heterocycles. The zero-order valence-electron chi connectivity index (χ0n) is 12.1. The van der Waals surface area contributed by atoms with Gasteiger partial charge in [0.2, 0.25) is 0 Å². The average molecular weight is 262 g/mol. The van der Waals surface area contributed by atoms with Crippen LogP contribution in [0.25, 0.3) is 0 Å². The van der Waals surface area contributed by atoms with Crippen molar-refractivity contribution in [1.82, 2.24) is 4.90 Å². The Bertz CT molecular complexity index is 394. The molecule has 0 saturated carbocycles. The maximum Gasteiger partial charge on any atom is 0.122 e. The molecule has 1 heterocycles. The van der Waals surface area contributed by atoms with Gasteiger partial charge in [0.15, 0.2) is 0 Å². The van der Waals surface area contributed by atoms with Gasteiger partial charge in [0.1, 0.15) is 5.75 Å². The Balaban J connectivity index is 1.88. The van der Waals surface area contributed by atoms with Crippen molar-refractivity contribution in [3.63, 3.8) is 0 Å². The normalized spacial score (nSPS) is 21.5. The van der Waals surface area contributed by atoms with Crippen LogP contribution in [0.1, 0.15) is 18.9 Å². The SMILES string of the molecule is CCN1CCC(C(CN)COc2ccccc2C)C1. The predicted octanol–water partition coefficient (Wildman–Crippen LogP) is 2.29. The highest BCUT2D eigenvalue weighted by Crippen LogP contribution is 2.25. The third-order valence-electron chi connectivity index (χ3n) is 4.27. The lowest BCUT2D eigenvalue weighted by molar-refractivity contribution is 0.196. The van der Waals surface area contributed by atoms with Crippen LogP contribution in [0.4, 0.5) is 0 Å². The van der Waals surface area contributed by atoms with Gasteiger partial charge >= 0.3 is 0 Å². The molecule has 1 aromatic rings. The van der Waals surface area contributed by atoms with E-state index in [2.05, 4.69) is 24.8 Å². The smallest absolute Gasteiger partial charge is 0.122 e. The number of para-hydroxylation sites is 1. The van der Waals surface area contributed by atoms with Crippen molar-refractivity contribution in [2.75, 3.05) is 32.8 Å². The second-order valence-corrected chi connectivity index (χ2v) is 5.51. The molecule has 19 heavy (non-hydrogen) atoms. The maximum absolute atomic E-state index is 5.97. The summed E-state index contributed by atoms with van der Waals surface area (Å²) in [6, 6.07) is 8.18. The van der Waals surface area contributed by atoms with Gasteiger partial charge in [0.25, 0.3) is 0 Å². The topological polar surface area (TPSA) is 38.5 Å². The van der Waals surface area contributed by atoms with E-state index in [1.54, 1.807) is 0 Å². The molecular formula is C16H26N2O. The van der Waals surface area contributed by atoms with Gasteiger partial charge in [0.05, 0.1) is 6.61 Å². The minimum atomic E-state index is 0.469. The molecule has 1 fully saturated rings.